The molecule has 3 rings (SSSR count). The summed E-state index contributed by atoms with van der Waals surface area (Å²) in [7, 11) is 3.79. The van der Waals surface area contributed by atoms with Crippen LogP contribution in [0.4, 0.5) is 8.78 Å². The number of nitrogens with one attached hydrogen (secondary N) is 1. The van der Waals surface area contributed by atoms with Crippen LogP contribution in [0.1, 0.15) is 18.4 Å². The van der Waals surface area contributed by atoms with E-state index in [1.807, 2.05) is 42.1 Å². The summed E-state index contributed by atoms with van der Waals surface area (Å²) in [6, 6.07) is 10.2. The number of rotatable bonds is 3. The van der Waals surface area contributed by atoms with E-state index in [-0.39, 0.29) is 18.4 Å². The predicted octanol–water partition coefficient (Wildman–Crippen LogP) is 2.05. The molecule has 1 unspecified atom stereocenters. The number of hydrogen-bond donors (Lipinski definition) is 1. The van der Waals surface area contributed by atoms with Gasteiger partial charge < -0.3 is 15.1 Å². The second-order valence-corrected chi connectivity index (χ2v) is 6.99. The minimum atomic E-state index is -1.23. The summed E-state index contributed by atoms with van der Waals surface area (Å²) < 4.78 is 26.1. The van der Waals surface area contributed by atoms with Crippen molar-refractivity contribution in [1.29, 1.82) is 0 Å². The summed E-state index contributed by atoms with van der Waals surface area (Å²) >= 11 is 0. The number of piperidine rings is 2. The van der Waals surface area contributed by atoms with E-state index in [1.165, 1.54) is 5.56 Å². The first-order chi connectivity index (χ1) is 12.0. The molecule has 6 heteroatoms. The molecule has 0 bridgehead atoms. The average molecular weight is 353 g/mol. The van der Waals surface area contributed by atoms with E-state index in [9.17, 15) is 13.6 Å². The molecule has 2 aliphatic heterocycles. The van der Waals surface area contributed by atoms with Crippen LogP contribution in [0.2, 0.25) is 0 Å². The lowest BCUT2D eigenvalue weighted by atomic mass is 10.0. The Bertz CT molecular complexity index is 529. The maximum atomic E-state index is 13.7. The zero-order valence-electron chi connectivity index (χ0n) is 15.1. The summed E-state index contributed by atoms with van der Waals surface area (Å²) in [5.41, 5.74) is 1.22. The Morgan fingerprint density at radius 1 is 1.08 bits per heavy atom. The summed E-state index contributed by atoms with van der Waals surface area (Å²) in [5, 5.41) is 3.31. The topological polar surface area (TPSA) is 35.6 Å². The molecule has 4 nitrogen and oxygen atoms in total. The van der Waals surface area contributed by atoms with Gasteiger partial charge in [-0.2, -0.15) is 0 Å². The molecule has 0 aliphatic carbocycles. The van der Waals surface area contributed by atoms with Crippen LogP contribution in [0.3, 0.4) is 0 Å². The van der Waals surface area contributed by atoms with E-state index in [4.69, 9.17) is 0 Å². The molecule has 2 saturated heterocycles. The third kappa shape index (κ3) is 6.80. The maximum absolute atomic E-state index is 13.7. The second kappa shape index (κ2) is 9.94. The lowest BCUT2D eigenvalue weighted by Crippen LogP contribution is -2.49. The van der Waals surface area contributed by atoms with Crippen molar-refractivity contribution in [3.8, 4) is 0 Å². The molecule has 0 radical (unpaired) electrons. The molecule has 1 N–H and O–H groups in total. The van der Waals surface area contributed by atoms with Gasteiger partial charge in [-0.3, -0.25) is 4.79 Å². The molecular weight excluding hydrogens is 324 g/mol. The zero-order chi connectivity index (χ0) is 18.2. The van der Waals surface area contributed by atoms with Gasteiger partial charge >= 0.3 is 0 Å². The molecule has 140 valence electrons. The molecule has 3 atom stereocenters. The van der Waals surface area contributed by atoms with Crippen molar-refractivity contribution in [3.05, 3.63) is 35.9 Å². The largest absolute Gasteiger partial charge is 0.307 e. The van der Waals surface area contributed by atoms with Crippen LogP contribution >= 0.6 is 0 Å². The Labute approximate surface area is 149 Å². The lowest BCUT2D eigenvalue weighted by molar-refractivity contribution is -0.126. The highest BCUT2D eigenvalue weighted by atomic mass is 19.1. The Kier molecular flexibility index (Phi) is 7.93. The van der Waals surface area contributed by atoms with E-state index >= 15 is 0 Å². The molecule has 0 saturated carbocycles. The summed E-state index contributed by atoms with van der Waals surface area (Å²) in [6.45, 7) is 3.27. The molecular formula is C19H29F2N3O. The fraction of sp³-hybridized carbons (Fsp3) is 0.632. The molecule has 1 aromatic carbocycles. The van der Waals surface area contributed by atoms with Crippen molar-refractivity contribution in [2.24, 2.45) is 0 Å². The Hall–Kier alpha value is -1.37. The smallest absolute Gasteiger partial charge is 0.171 e. The third-order valence-electron chi connectivity index (χ3n) is 4.72. The zero-order valence-corrected chi connectivity index (χ0v) is 15.1. The van der Waals surface area contributed by atoms with E-state index < -0.39 is 12.3 Å². The van der Waals surface area contributed by atoms with Gasteiger partial charge in [0.05, 0.1) is 0 Å². The maximum Gasteiger partial charge on any atom is 0.171 e. The number of likely N-dealkylation sites (tertiary alicyclic amines) is 2. The van der Waals surface area contributed by atoms with Gasteiger partial charge in [0.25, 0.3) is 0 Å². The quantitative estimate of drug-likeness (QED) is 0.902. The Balaban J connectivity index is 0.000000212. The number of nitrogens with zero attached hydrogens (tertiary/aromatic N) is 2. The van der Waals surface area contributed by atoms with Gasteiger partial charge in [-0.05, 0) is 32.6 Å². The third-order valence-corrected chi connectivity index (χ3v) is 4.72. The highest BCUT2D eigenvalue weighted by molar-refractivity contribution is 5.84. The molecule has 0 spiro atoms. The van der Waals surface area contributed by atoms with E-state index in [1.54, 1.807) is 0 Å². The van der Waals surface area contributed by atoms with E-state index in [0.29, 0.717) is 19.5 Å². The summed E-state index contributed by atoms with van der Waals surface area (Å²) in [6.07, 6.45) is -0.714. The lowest BCUT2D eigenvalue weighted by Gasteiger charge is -2.32. The van der Waals surface area contributed by atoms with Gasteiger partial charge in [0, 0.05) is 38.6 Å². The first-order valence-electron chi connectivity index (χ1n) is 8.91. The Morgan fingerprint density at radius 3 is 2.36 bits per heavy atom. The number of alkyl halides is 2. The van der Waals surface area contributed by atoms with Crippen LogP contribution in [0.15, 0.2) is 30.3 Å². The van der Waals surface area contributed by atoms with Crippen molar-refractivity contribution in [2.75, 3.05) is 40.3 Å². The van der Waals surface area contributed by atoms with Gasteiger partial charge in [-0.15, -0.1) is 0 Å². The minimum Gasteiger partial charge on any atom is -0.307 e. The highest BCUT2D eigenvalue weighted by Gasteiger charge is 2.26. The van der Waals surface area contributed by atoms with Gasteiger partial charge in [0.1, 0.15) is 6.17 Å². The fourth-order valence-corrected chi connectivity index (χ4v) is 3.06. The first-order valence-corrected chi connectivity index (χ1v) is 8.91. The second-order valence-electron chi connectivity index (χ2n) is 6.99. The molecule has 2 fully saturated rings. The van der Waals surface area contributed by atoms with Crippen LogP contribution in [-0.4, -0.2) is 74.2 Å². The number of hydrogen-bond acceptors (Lipinski definition) is 4. The molecule has 2 heterocycles. The van der Waals surface area contributed by atoms with Gasteiger partial charge in [0.15, 0.2) is 12.0 Å². The number of ketones is 1. The van der Waals surface area contributed by atoms with Crippen LogP contribution in [0.5, 0.6) is 0 Å². The molecule has 0 amide bonds. The van der Waals surface area contributed by atoms with Crippen molar-refractivity contribution in [2.45, 2.75) is 37.8 Å². The average Bonchev–Trinajstić information content (AvgIpc) is 2.59. The van der Waals surface area contributed by atoms with Gasteiger partial charge in [-0.1, -0.05) is 30.3 Å². The molecule has 1 aromatic rings. The first kappa shape index (κ1) is 19.9. The van der Waals surface area contributed by atoms with Crippen molar-refractivity contribution < 1.29 is 13.6 Å². The standard InChI is InChI=1S/C13H19FN2.C6H10FNO/c1-16-8-7-13(12(14)10-16)15-9-11-5-3-2-4-6-11;1-8-3-2-6(9)5(7)4-8/h2-6,12-13,15H,7-10H2,1H3;5H,2-4H2,1H3/t12-,13+;/m1./s1. The van der Waals surface area contributed by atoms with Crippen LogP contribution in [-0.2, 0) is 11.3 Å². The van der Waals surface area contributed by atoms with E-state index in [0.717, 1.165) is 19.5 Å². The van der Waals surface area contributed by atoms with Crippen LogP contribution < -0.4 is 5.32 Å². The minimum absolute atomic E-state index is 0.0106. The monoisotopic (exact) mass is 353 g/mol. The fourth-order valence-electron chi connectivity index (χ4n) is 3.06. The van der Waals surface area contributed by atoms with Gasteiger partial charge in [-0.25, -0.2) is 8.78 Å². The van der Waals surface area contributed by atoms with Crippen molar-refractivity contribution >= 4 is 5.78 Å². The molecule has 0 aromatic heterocycles. The number of carbonyl (C=O) groups excluding carboxylic acids is 1. The number of benzene rings is 1. The van der Waals surface area contributed by atoms with Crippen LogP contribution in [0.25, 0.3) is 0 Å². The predicted molar refractivity (Wildman–Crippen MR) is 96.1 cm³/mol. The van der Waals surface area contributed by atoms with E-state index in [2.05, 4.69) is 17.4 Å². The number of carbonyl (C=O) groups is 1. The van der Waals surface area contributed by atoms with Gasteiger partial charge in [0.2, 0.25) is 0 Å². The SMILES string of the molecule is CN1CCC(=O)C(F)C1.CN1CC[C@H](NCc2ccccc2)[C@H](F)C1. The van der Waals surface area contributed by atoms with Crippen molar-refractivity contribution in [3.63, 3.8) is 0 Å². The highest BCUT2D eigenvalue weighted by Crippen LogP contribution is 2.13. The summed E-state index contributed by atoms with van der Waals surface area (Å²) in [4.78, 5) is 14.4. The molecule has 2 aliphatic rings. The van der Waals surface area contributed by atoms with Crippen LogP contribution in [0, 0.1) is 0 Å². The number of halogens is 2. The van der Waals surface area contributed by atoms with Crippen molar-refractivity contribution in [1.82, 2.24) is 15.1 Å². The molecule has 25 heavy (non-hydrogen) atoms. The normalized spacial score (nSPS) is 28.3. The Morgan fingerprint density at radius 2 is 1.76 bits per heavy atom. The number of Topliss-reactive ketones (excluding diaryl/α,β-unsaturated/α-hetero) is 1. The summed E-state index contributed by atoms with van der Waals surface area (Å²) in [5.74, 6) is -0.242.